The van der Waals surface area contributed by atoms with Crippen LogP contribution in [0.25, 0.3) is 0 Å². The van der Waals surface area contributed by atoms with Gasteiger partial charge in [0, 0.05) is 23.4 Å². The van der Waals surface area contributed by atoms with E-state index >= 15 is 0 Å². The third-order valence-corrected chi connectivity index (χ3v) is 4.57. The fourth-order valence-corrected chi connectivity index (χ4v) is 2.77. The molecule has 0 radical (unpaired) electrons. The molecule has 0 aliphatic rings. The van der Waals surface area contributed by atoms with Crippen LogP contribution in [0.3, 0.4) is 0 Å². The number of carbonyl (C=O) groups is 1. The first kappa shape index (κ1) is 21.5. The van der Waals surface area contributed by atoms with Crippen LogP contribution >= 0.6 is 0 Å². The van der Waals surface area contributed by atoms with Crippen molar-refractivity contribution in [2.75, 3.05) is 5.32 Å². The van der Waals surface area contributed by atoms with Crippen LogP contribution in [0.2, 0.25) is 0 Å². The second kappa shape index (κ2) is 8.63. The predicted molar refractivity (Wildman–Crippen MR) is 113 cm³/mol. The molecule has 7 nitrogen and oxygen atoms in total. The van der Waals surface area contributed by atoms with Crippen molar-refractivity contribution in [3.8, 4) is 17.6 Å². The van der Waals surface area contributed by atoms with Crippen molar-refractivity contribution in [2.45, 2.75) is 19.3 Å². The summed E-state index contributed by atoms with van der Waals surface area (Å²) in [5.41, 5.74) is 0.392. The highest BCUT2D eigenvalue weighted by Crippen LogP contribution is 2.29. The highest BCUT2D eigenvalue weighted by molar-refractivity contribution is 6.04. The number of hydrogen-bond donors (Lipinski definition) is 1. The maximum absolute atomic E-state index is 14.1. The molecule has 0 heterocycles. The molecule has 3 rings (SSSR count). The van der Waals surface area contributed by atoms with Crippen molar-refractivity contribution in [3.63, 3.8) is 0 Å². The molecular weight excluding hydrogens is 401 g/mol. The van der Waals surface area contributed by atoms with Gasteiger partial charge in [0.25, 0.3) is 11.6 Å². The van der Waals surface area contributed by atoms with Gasteiger partial charge in [-0.1, -0.05) is 18.2 Å². The smallest absolute Gasteiger partial charge is 0.272 e. The van der Waals surface area contributed by atoms with Gasteiger partial charge in [0.15, 0.2) is 11.6 Å². The van der Waals surface area contributed by atoms with Gasteiger partial charge in [-0.15, -0.1) is 0 Å². The molecule has 0 aliphatic carbocycles. The van der Waals surface area contributed by atoms with Crippen LogP contribution in [0.15, 0.2) is 66.7 Å². The van der Waals surface area contributed by atoms with Crippen LogP contribution in [0, 0.1) is 27.3 Å². The number of carbonyl (C=O) groups excluding carboxylic acids is 1. The van der Waals surface area contributed by atoms with Crippen molar-refractivity contribution in [1.82, 2.24) is 0 Å². The zero-order chi connectivity index (χ0) is 22.6. The van der Waals surface area contributed by atoms with E-state index in [1.54, 1.807) is 56.3 Å². The van der Waals surface area contributed by atoms with Crippen LogP contribution in [-0.2, 0) is 5.41 Å². The number of anilines is 1. The van der Waals surface area contributed by atoms with Gasteiger partial charge in [0.05, 0.1) is 22.5 Å². The SMILES string of the molecule is CC(C)(C#N)c1cccc(C(=O)Nc2cccc(Oc3ccc([N+](=O)[O-])cc3F)c2)c1. The minimum Gasteiger partial charge on any atom is -0.454 e. The maximum atomic E-state index is 14.1. The molecule has 3 aromatic carbocycles. The van der Waals surface area contributed by atoms with E-state index in [0.29, 0.717) is 16.8 Å². The summed E-state index contributed by atoms with van der Waals surface area (Å²) in [5, 5.41) is 22.8. The number of nitro groups is 1. The van der Waals surface area contributed by atoms with Gasteiger partial charge < -0.3 is 10.1 Å². The maximum Gasteiger partial charge on any atom is 0.272 e. The van der Waals surface area contributed by atoms with Gasteiger partial charge in [-0.2, -0.15) is 5.26 Å². The molecule has 1 amide bonds. The predicted octanol–water partition coefficient (Wildman–Crippen LogP) is 5.58. The Morgan fingerprint density at radius 3 is 2.55 bits per heavy atom. The first-order valence-electron chi connectivity index (χ1n) is 9.24. The van der Waals surface area contributed by atoms with E-state index in [-0.39, 0.29) is 23.1 Å². The fraction of sp³-hybridized carbons (Fsp3) is 0.130. The quantitative estimate of drug-likeness (QED) is 0.415. The number of nitrogens with zero attached hydrogens (tertiary/aromatic N) is 2. The molecule has 0 spiro atoms. The van der Waals surface area contributed by atoms with Gasteiger partial charge in [-0.05, 0) is 49.7 Å². The zero-order valence-electron chi connectivity index (χ0n) is 16.8. The molecule has 156 valence electrons. The standard InChI is InChI=1S/C23H18FN3O4/c1-23(2,14-25)16-6-3-5-15(11-16)22(28)26-17-7-4-8-19(12-17)31-21-10-9-18(27(29)30)13-20(21)24/h3-13H,1-2H3,(H,26,28). The monoisotopic (exact) mass is 419 g/mol. The summed E-state index contributed by atoms with van der Waals surface area (Å²) in [6.45, 7) is 3.53. The number of non-ortho nitro benzene ring substituents is 1. The van der Waals surface area contributed by atoms with E-state index in [9.17, 15) is 24.6 Å². The Balaban J connectivity index is 1.77. The minimum absolute atomic E-state index is 0.180. The molecule has 0 saturated carbocycles. The highest BCUT2D eigenvalue weighted by Gasteiger charge is 2.21. The number of ether oxygens (including phenoxy) is 1. The zero-order valence-corrected chi connectivity index (χ0v) is 16.8. The van der Waals surface area contributed by atoms with Gasteiger partial charge in [-0.25, -0.2) is 4.39 Å². The Morgan fingerprint density at radius 2 is 1.87 bits per heavy atom. The largest absolute Gasteiger partial charge is 0.454 e. The molecule has 31 heavy (non-hydrogen) atoms. The number of nitriles is 1. The molecule has 0 fully saturated rings. The van der Waals surface area contributed by atoms with E-state index in [4.69, 9.17) is 4.74 Å². The van der Waals surface area contributed by atoms with E-state index in [0.717, 1.165) is 12.1 Å². The van der Waals surface area contributed by atoms with Crippen molar-refractivity contribution in [2.24, 2.45) is 0 Å². The van der Waals surface area contributed by atoms with Crippen molar-refractivity contribution in [1.29, 1.82) is 5.26 Å². The first-order chi connectivity index (χ1) is 14.7. The summed E-state index contributed by atoms with van der Waals surface area (Å²) in [5.74, 6) is -1.19. The van der Waals surface area contributed by atoms with Gasteiger partial charge in [0.2, 0.25) is 0 Å². The Bertz CT molecular complexity index is 1200. The summed E-state index contributed by atoms with van der Waals surface area (Å²) in [6, 6.07) is 18.4. The number of amides is 1. The number of benzene rings is 3. The summed E-state index contributed by atoms with van der Waals surface area (Å²) < 4.78 is 19.5. The van der Waals surface area contributed by atoms with Gasteiger partial charge in [-0.3, -0.25) is 14.9 Å². The Labute approximate surface area is 177 Å². The summed E-state index contributed by atoms with van der Waals surface area (Å²) in [6.07, 6.45) is 0. The number of halogens is 1. The molecule has 0 aromatic heterocycles. The Morgan fingerprint density at radius 1 is 1.13 bits per heavy atom. The first-order valence-corrected chi connectivity index (χ1v) is 9.24. The van der Waals surface area contributed by atoms with Crippen molar-refractivity contribution >= 4 is 17.3 Å². The summed E-state index contributed by atoms with van der Waals surface area (Å²) in [4.78, 5) is 22.7. The molecule has 0 unspecified atom stereocenters. The van der Waals surface area contributed by atoms with Gasteiger partial charge in [0.1, 0.15) is 5.75 Å². The average molecular weight is 419 g/mol. The molecule has 3 aromatic rings. The third kappa shape index (κ3) is 5.03. The summed E-state index contributed by atoms with van der Waals surface area (Å²) in [7, 11) is 0. The van der Waals surface area contributed by atoms with Crippen LogP contribution in [0.5, 0.6) is 11.5 Å². The van der Waals surface area contributed by atoms with E-state index in [1.807, 2.05) is 0 Å². The Kier molecular flexibility index (Phi) is 5.97. The second-order valence-electron chi connectivity index (χ2n) is 7.27. The molecule has 0 atom stereocenters. The lowest BCUT2D eigenvalue weighted by Crippen LogP contribution is -2.17. The number of nitro benzene ring substituents is 1. The van der Waals surface area contributed by atoms with Crippen LogP contribution in [0.1, 0.15) is 29.8 Å². The highest BCUT2D eigenvalue weighted by atomic mass is 19.1. The molecule has 8 heteroatoms. The fourth-order valence-electron chi connectivity index (χ4n) is 2.77. The van der Waals surface area contributed by atoms with Crippen LogP contribution in [-0.4, -0.2) is 10.8 Å². The van der Waals surface area contributed by atoms with Crippen LogP contribution < -0.4 is 10.1 Å². The number of hydrogen-bond acceptors (Lipinski definition) is 5. The van der Waals surface area contributed by atoms with E-state index in [2.05, 4.69) is 11.4 Å². The molecule has 0 aliphatic heterocycles. The van der Waals surface area contributed by atoms with Gasteiger partial charge >= 0.3 is 0 Å². The normalized spacial score (nSPS) is 10.8. The lowest BCUT2D eigenvalue weighted by atomic mass is 9.85. The lowest BCUT2D eigenvalue weighted by Gasteiger charge is -2.16. The second-order valence-corrected chi connectivity index (χ2v) is 7.27. The average Bonchev–Trinajstić information content (AvgIpc) is 2.75. The number of rotatable bonds is 6. The summed E-state index contributed by atoms with van der Waals surface area (Å²) >= 11 is 0. The lowest BCUT2D eigenvalue weighted by molar-refractivity contribution is -0.385. The van der Waals surface area contributed by atoms with E-state index in [1.165, 1.54) is 12.1 Å². The van der Waals surface area contributed by atoms with Crippen LogP contribution in [0.4, 0.5) is 15.8 Å². The topological polar surface area (TPSA) is 105 Å². The minimum atomic E-state index is -0.874. The molecule has 1 N–H and O–H groups in total. The molecule has 0 saturated heterocycles. The molecule has 0 bridgehead atoms. The third-order valence-electron chi connectivity index (χ3n) is 4.57. The Hall–Kier alpha value is -4.25. The number of nitrogens with one attached hydrogen (secondary N) is 1. The molecular formula is C23H18FN3O4. The van der Waals surface area contributed by atoms with Crippen molar-refractivity contribution in [3.05, 3.63) is 93.8 Å². The van der Waals surface area contributed by atoms with E-state index < -0.39 is 16.2 Å². The van der Waals surface area contributed by atoms with Crippen molar-refractivity contribution < 1.29 is 18.8 Å².